The van der Waals surface area contributed by atoms with Gasteiger partial charge in [0.25, 0.3) is 0 Å². The van der Waals surface area contributed by atoms with Crippen molar-refractivity contribution in [3.05, 3.63) is 0 Å². The molecule has 18 heavy (non-hydrogen) atoms. The van der Waals surface area contributed by atoms with Crippen LogP contribution in [0.15, 0.2) is 0 Å². The lowest BCUT2D eigenvalue weighted by Crippen LogP contribution is -2.24. The van der Waals surface area contributed by atoms with Crippen molar-refractivity contribution in [3.63, 3.8) is 0 Å². The van der Waals surface area contributed by atoms with Gasteiger partial charge in [-0.15, -0.1) is 0 Å². The lowest BCUT2D eigenvalue weighted by Gasteiger charge is -2.27. The fourth-order valence-electron chi connectivity index (χ4n) is 2.52. The molecule has 2 nitrogen and oxygen atoms in total. The summed E-state index contributed by atoms with van der Waals surface area (Å²) in [5, 5.41) is 0. The number of hydrogen-bond acceptors (Lipinski definition) is 2. The van der Waals surface area contributed by atoms with Crippen LogP contribution < -0.4 is 0 Å². The van der Waals surface area contributed by atoms with E-state index in [1.165, 1.54) is 6.42 Å². The Kier molecular flexibility index (Phi) is 6.12. The van der Waals surface area contributed by atoms with Gasteiger partial charge in [-0.1, -0.05) is 26.2 Å². The lowest BCUT2D eigenvalue weighted by atomic mass is 9.78. The van der Waals surface area contributed by atoms with E-state index in [9.17, 15) is 18.0 Å². The predicted octanol–water partition coefficient (Wildman–Crippen LogP) is 3.74. The molecule has 1 aliphatic rings. The van der Waals surface area contributed by atoms with Crippen LogP contribution in [0.3, 0.4) is 0 Å². The van der Waals surface area contributed by atoms with E-state index < -0.39 is 12.8 Å². The first-order valence-corrected chi connectivity index (χ1v) is 6.59. The van der Waals surface area contributed by atoms with Crippen LogP contribution in [0.2, 0.25) is 0 Å². The van der Waals surface area contributed by atoms with Gasteiger partial charge in [-0.2, -0.15) is 13.2 Å². The van der Waals surface area contributed by atoms with Gasteiger partial charge in [-0.05, 0) is 18.8 Å². The minimum absolute atomic E-state index is 0.0400. The molecule has 0 aromatic carbocycles. The van der Waals surface area contributed by atoms with Crippen molar-refractivity contribution in [2.24, 2.45) is 11.8 Å². The van der Waals surface area contributed by atoms with Crippen LogP contribution in [-0.4, -0.2) is 25.2 Å². The van der Waals surface area contributed by atoms with Crippen LogP contribution in [0, 0.1) is 11.8 Å². The molecule has 0 aromatic rings. The maximum absolute atomic E-state index is 11.8. The van der Waals surface area contributed by atoms with E-state index >= 15 is 0 Å². The summed E-state index contributed by atoms with van der Waals surface area (Å²) in [4.78, 5) is 11.8. The molecule has 106 valence electrons. The summed E-state index contributed by atoms with van der Waals surface area (Å²) in [5.41, 5.74) is 0. The number of carbonyl (C=O) groups excluding carboxylic acids is 1. The van der Waals surface area contributed by atoms with Crippen molar-refractivity contribution in [2.45, 2.75) is 51.6 Å². The number of ether oxygens (including phenoxy) is 1. The van der Waals surface area contributed by atoms with Crippen LogP contribution in [-0.2, 0) is 9.53 Å². The molecule has 1 rings (SSSR count). The van der Waals surface area contributed by atoms with Gasteiger partial charge in [0.05, 0.1) is 6.61 Å². The third kappa shape index (κ3) is 5.85. The Hall–Kier alpha value is -0.580. The van der Waals surface area contributed by atoms with Crippen LogP contribution in [0.5, 0.6) is 0 Å². The molecule has 1 aliphatic carbocycles. The number of carbonyl (C=O) groups is 1. The molecule has 1 fully saturated rings. The Morgan fingerprint density at radius 3 is 2.67 bits per heavy atom. The van der Waals surface area contributed by atoms with Crippen molar-refractivity contribution in [2.75, 3.05) is 13.2 Å². The zero-order chi connectivity index (χ0) is 13.6. The molecule has 0 bridgehead atoms. The van der Waals surface area contributed by atoms with E-state index in [-0.39, 0.29) is 24.7 Å². The minimum atomic E-state index is -4.30. The van der Waals surface area contributed by atoms with Gasteiger partial charge in [0.15, 0.2) is 0 Å². The SMILES string of the molecule is CCC1CCCC(C(=O)CCOCC(F)(F)F)C1. The largest absolute Gasteiger partial charge is 0.411 e. The topological polar surface area (TPSA) is 26.3 Å². The first-order chi connectivity index (χ1) is 8.42. The fourth-order valence-corrected chi connectivity index (χ4v) is 2.52. The number of ketones is 1. The Labute approximate surface area is 106 Å². The molecule has 5 heteroatoms. The van der Waals surface area contributed by atoms with Gasteiger partial charge in [0.1, 0.15) is 12.4 Å². The van der Waals surface area contributed by atoms with Crippen LogP contribution >= 0.6 is 0 Å². The molecule has 0 aromatic heterocycles. The molecule has 2 atom stereocenters. The number of Topliss-reactive ketones (excluding diaryl/α,β-unsaturated/α-hetero) is 1. The second-order valence-electron chi connectivity index (χ2n) is 5.02. The third-order valence-electron chi connectivity index (χ3n) is 3.57. The van der Waals surface area contributed by atoms with E-state index in [0.29, 0.717) is 5.92 Å². The molecular formula is C13H21F3O2. The summed E-state index contributed by atoms with van der Waals surface area (Å²) in [6, 6.07) is 0. The summed E-state index contributed by atoms with van der Waals surface area (Å²) in [6.07, 6.45) is 0.888. The van der Waals surface area contributed by atoms with E-state index in [4.69, 9.17) is 0 Å². The van der Waals surface area contributed by atoms with E-state index in [2.05, 4.69) is 11.7 Å². The molecule has 0 aliphatic heterocycles. The number of hydrogen-bond donors (Lipinski definition) is 0. The van der Waals surface area contributed by atoms with Crippen molar-refractivity contribution < 1.29 is 22.7 Å². The van der Waals surface area contributed by atoms with Gasteiger partial charge in [-0.3, -0.25) is 4.79 Å². The number of alkyl halides is 3. The van der Waals surface area contributed by atoms with Crippen LogP contribution in [0.25, 0.3) is 0 Å². The molecule has 0 radical (unpaired) electrons. The molecular weight excluding hydrogens is 245 g/mol. The molecule has 1 saturated carbocycles. The van der Waals surface area contributed by atoms with Gasteiger partial charge in [0, 0.05) is 12.3 Å². The molecule has 0 heterocycles. The molecule has 0 N–H and O–H groups in total. The molecule has 0 amide bonds. The highest BCUT2D eigenvalue weighted by Gasteiger charge is 2.28. The lowest BCUT2D eigenvalue weighted by molar-refractivity contribution is -0.174. The second kappa shape index (κ2) is 7.12. The summed E-state index contributed by atoms with van der Waals surface area (Å²) in [6.45, 7) is 0.734. The van der Waals surface area contributed by atoms with Crippen molar-refractivity contribution in [1.82, 2.24) is 0 Å². The Bertz CT molecular complexity index is 263. The molecule has 0 spiro atoms. The highest BCUT2D eigenvalue weighted by molar-refractivity contribution is 5.81. The first-order valence-electron chi connectivity index (χ1n) is 6.59. The Balaban J connectivity index is 2.20. The van der Waals surface area contributed by atoms with Gasteiger partial charge in [-0.25, -0.2) is 0 Å². The summed E-state index contributed by atoms with van der Waals surface area (Å²) in [7, 11) is 0. The van der Waals surface area contributed by atoms with Crippen molar-refractivity contribution in [1.29, 1.82) is 0 Å². The van der Waals surface area contributed by atoms with Crippen molar-refractivity contribution >= 4 is 5.78 Å². The highest BCUT2D eigenvalue weighted by Crippen LogP contribution is 2.32. The average Bonchev–Trinajstić information content (AvgIpc) is 2.33. The van der Waals surface area contributed by atoms with Crippen molar-refractivity contribution in [3.8, 4) is 0 Å². The zero-order valence-electron chi connectivity index (χ0n) is 10.8. The Morgan fingerprint density at radius 2 is 2.06 bits per heavy atom. The summed E-state index contributed by atoms with van der Waals surface area (Å²) in [5.74, 6) is 0.706. The van der Waals surface area contributed by atoms with E-state index in [0.717, 1.165) is 25.7 Å². The van der Waals surface area contributed by atoms with E-state index in [1.54, 1.807) is 0 Å². The molecule has 2 unspecified atom stereocenters. The van der Waals surface area contributed by atoms with Gasteiger partial charge in [0.2, 0.25) is 0 Å². The smallest absolute Gasteiger partial charge is 0.372 e. The number of rotatable bonds is 6. The second-order valence-corrected chi connectivity index (χ2v) is 5.02. The maximum atomic E-state index is 11.8. The zero-order valence-corrected chi connectivity index (χ0v) is 10.8. The van der Waals surface area contributed by atoms with Crippen LogP contribution in [0.4, 0.5) is 13.2 Å². The normalized spacial score (nSPS) is 25.1. The van der Waals surface area contributed by atoms with Crippen LogP contribution in [0.1, 0.15) is 45.4 Å². The van der Waals surface area contributed by atoms with Gasteiger partial charge >= 0.3 is 6.18 Å². The first kappa shape index (κ1) is 15.5. The minimum Gasteiger partial charge on any atom is -0.372 e. The molecule has 0 saturated heterocycles. The monoisotopic (exact) mass is 266 g/mol. The van der Waals surface area contributed by atoms with E-state index in [1.807, 2.05) is 0 Å². The quantitative estimate of drug-likeness (QED) is 0.684. The summed E-state index contributed by atoms with van der Waals surface area (Å²) >= 11 is 0. The van der Waals surface area contributed by atoms with Gasteiger partial charge < -0.3 is 4.74 Å². The fraction of sp³-hybridized carbons (Fsp3) is 0.923. The average molecular weight is 266 g/mol. The predicted molar refractivity (Wildman–Crippen MR) is 62.2 cm³/mol. The maximum Gasteiger partial charge on any atom is 0.411 e. The summed E-state index contributed by atoms with van der Waals surface area (Å²) < 4.78 is 39.9. The number of halogens is 3. The highest BCUT2D eigenvalue weighted by atomic mass is 19.4. The standard InChI is InChI=1S/C13H21F3O2/c1-2-10-4-3-5-11(8-10)12(17)6-7-18-9-13(14,15)16/h10-11H,2-9H2,1H3. The third-order valence-corrected chi connectivity index (χ3v) is 3.57. The Morgan fingerprint density at radius 1 is 1.33 bits per heavy atom.